The van der Waals surface area contributed by atoms with Crippen molar-refractivity contribution >= 4 is 21.8 Å². The highest BCUT2D eigenvalue weighted by Crippen LogP contribution is 2.26. The Hall–Kier alpha value is -2.49. The Morgan fingerprint density at radius 3 is 2.30 bits per heavy atom. The fraction of sp³-hybridized carbons (Fsp3) is 0.316. The van der Waals surface area contributed by atoms with E-state index in [1.54, 1.807) is 14.2 Å². The molecule has 2 aromatic carbocycles. The predicted molar refractivity (Wildman–Crippen MR) is 93.7 cm³/mol. The van der Waals surface area contributed by atoms with Crippen LogP contribution in [0.3, 0.4) is 0 Å². The summed E-state index contributed by atoms with van der Waals surface area (Å²) in [5, 5.41) is 1.40. The van der Waals surface area contributed by atoms with Gasteiger partial charge in [-0.1, -0.05) is 13.3 Å². The molecule has 0 aliphatic carbocycles. The van der Waals surface area contributed by atoms with Crippen molar-refractivity contribution in [3.8, 4) is 11.5 Å². The molecule has 0 N–H and O–H groups in total. The molecule has 0 aliphatic rings. The minimum absolute atomic E-state index is 0.0318. The lowest BCUT2D eigenvalue weighted by Gasteiger charge is -2.16. The number of nitrogens with zero attached hydrogens (tertiary/aromatic N) is 1. The fourth-order valence-electron chi connectivity index (χ4n) is 2.95. The van der Waals surface area contributed by atoms with Crippen molar-refractivity contribution in [2.45, 2.75) is 26.3 Å². The van der Waals surface area contributed by atoms with Crippen LogP contribution in [-0.4, -0.2) is 18.8 Å². The van der Waals surface area contributed by atoms with E-state index in [2.05, 4.69) is 11.5 Å². The number of ether oxygens (including phenoxy) is 2. The van der Waals surface area contributed by atoms with Crippen molar-refractivity contribution in [3.63, 3.8) is 0 Å². The van der Waals surface area contributed by atoms with Gasteiger partial charge in [0, 0.05) is 23.4 Å². The summed E-state index contributed by atoms with van der Waals surface area (Å²) in [4.78, 5) is 12.9. The molecule has 0 fully saturated rings. The Labute approximate surface area is 135 Å². The number of benzene rings is 2. The first-order valence-corrected chi connectivity index (χ1v) is 7.88. The van der Waals surface area contributed by atoms with E-state index in [4.69, 9.17) is 9.47 Å². The van der Waals surface area contributed by atoms with Gasteiger partial charge in [0.15, 0.2) is 5.43 Å². The summed E-state index contributed by atoms with van der Waals surface area (Å²) < 4.78 is 12.8. The number of methoxy groups -OCH3 is 2. The van der Waals surface area contributed by atoms with E-state index in [9.17, 15) is 4.79 Å². The first-order chi connectivity index (χ1) is 11.2. The van der Waals surface area contributed by atoms with Crippen molar-refractivity contribution in [1.29, 1.82) is 0 Å². The van der Waals surface area contributed by atoms with Crippen LogP contribution in [0.1, 0.15) is 19.8 Å². The molecule has 0 bridgehead atoms. The average Bonchev–Trinajstić information content (AvgIpc) is 2.60. The Morgan fingerprint density at radius 1 is 0.913 bits per heavy atom. The molecule has 1 heterocycles. The van der Waals surface area contributed by atoms with Gasteiger partial charge < -0.3 is 14.0 Å². The highest BCUT2D eigenvalue weighted by atomic mass is 16.5. The van der Waals surface area contributed by atoms with Crippen LogP contribution in [0.25, 0.3) is 21.8 Å². The zero-order chi connectivity index (χ0) is 16.4. The molecule has 0 saturated carbocycles. The topological polar surface area (TPSA) is 40.5 Å². The van der Waals surface area contributed by atoms with Crippen LogP contribution < -0.4 is 14.9 Å². The van der Waals surface area contributed by atoms with Gasteiger partial charge in [-0.15, -0.1) is 0 Å². The normalized spacial score (nSPS) is 11.1. The van der Waals surface area contributed by atoms with E-state index < -0.39 is 0 Å². The standard InChI is InChI=1S/C19H21NO3/c1-4-5-10-20-17-9-7-13(22-2)11-16(17)19(21)15-8-6-14(23-3)12-18(15)20/h6-9,11-12H,4-5,10H2,1-3H3. The van der Waals surface area contributed by atoms with Crippen LogP contribution in [-0.2, 0) is 6.54 Å². The van der Waals surface area contributed by atoms with E-state index in [-0.39, 0.29) is 5.43 Å². The van der Waals surface area contributed by atoms with Gasteiger partial charge in [-0.2, -0.15) is 0 Å². The summed E-state index contributed by atoms with van der Waals surface area (Å²) in [6, 6.07) is 11.3. The molecule has 0 atom stereocenters. The second-order valence-electron chi connectivity index (χ2n) is 5.60. The molecule has 0 unspecified atom stereocenters. The van der Waals surface area contributed by atoms with E-state index in [0.717, 1.165) is 36.2 Å². The molecule has 23 heavy (non-hydrogen) atoms. The zero-order valence-corrected chi connectivity index (χ0v) is 13.8. The molecule has 3 aromatic rings. The molecule has 4 heteroatoms. The van der Waals surface area contributed by atoms with Crippen molar-refractivity contribution in [1.82, 2.24) is 4.57 Å². The van der Waals surface area contributed by atoms with E-state index in [1.807, 2.05) is 36.4 Å². The number of hydrogen-bond acceptors (Lipinski definition) is 3. The maximum absolute atomic E-state index is 12.9. The van der Waals surface area contributed by atoms with Crippen LogP contribution in [0.5, 0.6) is 11.5 Å². The number of aryl methyl sites for hydroxylation is 1. The molecule has 1 aromatic heterocycles. The van der Waals surface area contributed by atoms with Gasteiger partial charge in [-0.25, -0.2) is 0 Å². The largest absolute Gasteiger partial charge is 0.497 e. The molecule has 0 aliphatic heterocycles. The van der Waals surface area contributed by atoms with Gasteiger partial charge in [-0.3, -0.25) is 4.79 Å². The summed E-state index contributed by atoms with van der Waals surface area (Å²) in [5.41, 5.74) is 1.88. The van der Waals surface area contributed by atoms with Crippen LogP contribution >= 0.6 is 0 Å². The Balaban J connectivity index is 2.42. The van der Waals surface area contributed by atoms with Crippen LogP contribution in [0, 0.1) is 0 Å². The predicted octanol–water partition coefficient (Wildman–Crippen LogP) is 3.97. The lowest BCUT2D eigenvalue weighted by molar-refractivity contribution is 0.415. The summed E-state index contributed by atoms with van der Waals surface area (Å²) in [5.74, 6) is 1.46. The zero-order valence-electron chi connectivity index (χ0n) is 13.8. The van der Waals surface area contributed by atoms with E-state index in [1.165, 1.54) is 0 Å². The highest BCUT2D eigenvalue weighted by Gasteiger charge is 2.12. The first-order valence-electron chi connectivity index (χ1n) is 7.88. The number of hydrogen-bond donors (Lipinski definition) is 0. The van der Waals surface area contributed by atoms with Gasteiger partial charge >= 0.3 is 0 Å². The van der Waals surface area contributed by atoms with Gasteiger partial charge in [-0.05, 0) is 36.8 Å². The van der Waals surface area contributed by atoms with Crippen LogP contribution in [0.15, 0.2) is 41.2 Å². The summed E-state index contributed by atoms with van der Waals surface area (Å²) in [7, 11) is 3.25. The lowest BCUT2D eigenvalue weighted by Crippen LogP contribution is -2.12. The van der Waals surface area contributed by atoms with Crippen LogP contribution in [0.2, 0.25) is 0 Å². The number of aromatic nitrogens is 1. The molecule has 0 amide bonds. The molecule has 0 radical (unpaired) electrons. The molecule has 4 nitrogen and oxygen atoms in total. The lowest BCUT2D eigenvalue weighted by atomic mass is 10.1. The molecule has 3 rings (SSSR count). The number of pyridine rings is 1. The maximum Gasteiger partial charge on any atom is 0.197 e. The van der Waals surface area contributed by atoms with Crippen molar-refractivity contribution in [3.05, 3.63) is 46.6 Å². The summed E-state index contributed by atoms with van der Waals surface area (Å²) >= 11 is 0. The molecular formula is C19H21NO3. The summed E-state index contributed by atoms with van der Waals surface area (Å²) in [6.07, 6.45) is 2.14. The summed E-state index contributed by atoms with van der Waals surface area (Å²) in [6.45, 7) is 3.03. The maximum atomic E-state index is 12.9. The molecule has 0 spiro atoms. The van der Waals surface area contributed by atoms with Gasteiger partial charge in [0.25, 0.3) is 0 Å². The minimum Gasteiger partial charge on any atom is -0.497 e. The van der Waals surface area contributed by atoms with Gasteiger partial charge in [0.1, 0.15) is 11.5 Å². The van der Waals surface area contributed by atoms with Crippen molar-refractivity contribution in [2.24, 2.45) is 0 Å². The van der Waals surface area contributed by atoms with Gasteiger partial charge in [0.2, 0.25) is 0 Å². The third-order valence-corrected chi connectivity index (χ3v) is 4.21. The van der Waals surface area contributed by atoms with Gasteiger partial charge in [0.05, 0.1) is 25.3 Å². The quantitative estimate of drug-likeness (QED) is 0.669. The minimum atomic E-state index is 0.0318. The second kappa shape index (κ2) is 6.32. The number of unbranched alkanes of at least 4 members (excludes halogenated alkanes) is 1. The molecule has 0 saturated heterocycles. The first kappa shape index (κ1) is 15.4. The van der Waals surface area contributed by atoms with E-state index >= 15 is 0 Å². The third-order valence-electron chi connectivity index (χ3n) is 4.21. The highest BCUT2D eigenvalue weighted by molar-refractivity contribution is 5.94. The second-order valence-corrected chi connectivity index (χ2v) is 5.60. The Kier molecular flexibility index (Phi) is 4.24. The fourth-order valence-corrected chi connectivity index (χ4v) is 2.95. The third kappa shape index (κ3) is 2.65. The number of fused-ring (bicyclic) bond motifs is 2. The molecule has 120 valence electrons. The van der Waals surface area contributed by atoms with Crippen LogP contribution in [0.4, 0.5) is 0 Å². The Bertz CT molecular complexity index is 912. The monoisotopic (exact) mass is 311 g/mol. The average molecular weight is 311 g/mol. The smallest absolute Gasteiger partial charge is 0.197 e. The number of rotatable bonds is 5. The Morgan fingerprint density at radius 2 is 1.61 bits per heavy atom. The molecular weight excluding hydrogens is 290 g/mol. The SMILES string of the molecule is CCCCn1c2ccc(OC)cc2c(=O)c2ccc(OC)cc21. The van der Waals surface area contributed by atoms with E-state index in [0.29, 0.717) is 16.5 Å². The van der Waals surface area contributed by atoms with Crippen molar-refractivity contribution < 1.29 is 9.47 Å². The van der Waals surface area contributed by atoms with Crippen molar-refractivity contribution in [2.75, 3.05) is 14.2 Å².